The number of nitrogens with one attached hydrogen (secondary N) is 1. The Morgan fingerprint density at radius 1 is 1.53 bits per heavy atom. The van der Waals surface area contributed by atoms with Crippen LogP contribution in [0.3, 0.4) is 0 Å². The first kappa shape index (κ1) is 14.9. The first-order chi connectivity index (χ1) is 8.86. The van der Waals surface area contributed by atoms with Crippen LogP contribution in [0.1, 0.15) is 32.3 Å². The van der Waals surface area contributed by atoms with Crippen molar-refractivity contribution in [3.05, 3.63) is 27.9 Å². The third-order valence-electron chi connectivity index (χ3n) is 3.18. The number of aromatic nitrogens is 1. The van der Waals surface area contributed by atoms with Crippen LogP contribution in [0.15, 0.2) is 12.3 Å². The van der Waals surface area contributed by atoms with Crippen LogP contribution >= 0.6 is 0 Å². The normalized spacial score (nSPS) is 11.1. The molecule has 0 aliphatic heterocycles. The van der Waals surface area contributed by atoms with Crippen LogP contribution in [0.4, 0.5) is 11.5 Å². The summed E-state index contributed by atoms with van der Waals surface area (Å²) in [6.07, 6.45) is 2.06. The van der Waals surface area contributed by atoms with E-state index in [4.69, 9.17) is 0 Å². The van der Waals surface area contributed by atoms with E-state index in [1.807, 2.05) is 0 Å². The number of carboxylic acids is 1. The highest BCUT2D eigenvalue weighted by Crippen LogP contribution is 2.28. The predicted octanol–water partition coefficient (Wildman–Crippen LogP) is 2.35. The van der Waals surface area contributed by atoms with Crippen molar-refractivity contribution in [2.75, 3.05) is 5.32 Å². The maximum atomic E-state index is 11.4. The van der Waals surface area contributed by atoms with E-state index in [0.717, 1.165) is 0 Å². The number of hydrogen-bond donors (Lipinski definition) is 2. The van der Waals surface area contributed by atoms with Crippen molar-refractivity contribution in [2.24, 2.45) is 0 Å². The fourth-order valence-electron chi connectivity index (χ4n) is 1.80. The molecule has 0 aromatic carbocycles. The molecular formula is C12H17N3O4. The monoisotopic (exact) mass is 267 g/mol. The molecule has 0 spiro atoms. The average molecular weight is 267 g/mol. The number of aryl methyl sites for hydroxylation is 1. The van der Waals surface area contributed by atoms with E-state index in [2.05, 4.69) is 10.3 Å². The van der Waals surface area contributed by atoms with Gasteiger partial charge in [-0.1, -0.05) is 13.8 Å². The Morgan fingerprint density at radius 3 is 2.53 bits per heavy atom. The molecule has 0 amide bonds. The molecule has 0 unspecified atom stereocenters. The fraction of sp³-hybridized carbons (Fsp3) is 0.500. The van der Waals surface area contributed by atoms with Crippen LogP contribution in [0.25, 0.3) is 0 Å². The van der Waals surface area contributed by atoms with Gasteiger partial charge in [0.05, 0.1) is 4.92 Å². The number of hydrogen-bond acceptors (Lipinski definition) is 5. The van der Waals surface area contributed by atoms with Crippen LogP contribution in [0.5, 0.6) is 0 Å². The molecule has 0 saturated carbocycles. The first-order valence-electron chi connectivity index (χ1n) is 5.99. The maximum absolute atomic E-state index is 11.4. The van der Waals surface area contributed by atoms with E-state index < -0.39 is 16.4 Å². The minimum atomic E-state index is -1.24. The van der Waals surface area contributed by atoms with Crippen molar-refractivity contribution in [1.82, 2.24) is 4.98 Å². The third kappa shape index (κ3) is 2.98. The Hall–Kier alpha value is -2.18. The lowest BCUT2D eigenvalue weighted by Gasteiger charge is -2.28. The molecule has 1 aromatic rings. The summed E-state index contributed by atoms with van der Waals surface area (Å²) in [6.45, 7) is 5.11. The highest BCUT2D eigenvalue weighted by molar-refractivity contribution is 5.83. The van der Waals surface area contributed by atoms with E-state index in [1.165, 1.54) is 12.3 Å². The van der Waals surface area contributed by atoms with Gasteiger partial charge >= 0.3 is 11.7 Å². The summed E-state index contributed by atoms with van der Waals surface area (Å²) in [5.74, 6) is -1.06. The van der Waals surface area contributed by atoms with Gasteiger partial charge in [-0.15, -0.1) is 0 Å². The van der Waals surface area contributed by atoms with Crippen molar-refractivity contribution in [2.45, 2.75) is 39.2 Å². The van der Waals surface area contributed by atoms with Crippen molar-refractivity contribution >= 4 is 17.5 Å². The summed E-state index contributed by atoms with van der Waals surface area (Å²) in [7, 11) is 0. The molecule has 0 saturated heterocycles. The van der Waals surface area contributed by atoms with Gasteiger partial charge < -0.3 is 10.4 Å². The predicted molar refractivity (Wildman–Crippen MR) is 70.2 cm³/mol. The standard InChI is InChI=1S/C12H17N3O4/c1-4-12(5-2,11(16)17)14-10-9(15(18)19)6-8(3)7-13-10/h6-7H,4-5H2,1-3H3,(H,13,14)(H,16,17). The molecule has 1 heterocycles. The maximum Gasteiger partial charge on any atom is 0.329 e. The van der Waals surface area contributed by atoms with Crippen LogP contribution in [-0.2, 0) is 4.79 Å². The minimum Gasteiger partial charge on any atom is -0.480 e. The van der Waals surface area contributed by atoms with E-state index in [9.17, 15) is 20.0 Å². The van der Waals surface area contributed by atoms with Gasteiger partial charge in [0.25, 0.3) is 0 Å². The summed E-state index contributed by atoms with van der Waals surface area (Å²) in [5, 5.41) is 23.0. The van der Waals surface area contributed by atoms with Crippen molar-refractivity contribution in [3.63, 3.8) is 0 Å². The molecule has 0 aliphatic rings. The highest BCUT2D eigenvalue weighted by Gasteiger charge is 2.37. The molecule has 7 heteroatoms. The lowest BCUT2D eigenvalue weighted by atomic mass is 9.93. The molecule has 2 N–H and O–H groups in total. The second kappa shape index (κ2) is 5.64. The van der Waals surface area contributed by atoms with Crippen LogP contribution in [-0.4, -0.2) is 26.5 Å². The summed E-state index contributed by atoms with van der Waals surface area (Å²) in [5.41, 5.74) is -0.814. The zero-order valence-corrected chi connectivity index (χ0v) is 11.1. The van der Waals surface area contributed by atoms with Gasteiger partial charge in [0.15, 0.2) is 0 Å². The highest BCUT2D eigenvalue weighted by atomic mass is 16.6. The van der Waals surface area contributed by atoms with E-state index >= 15 is 0 Å². The van der Waals surface area contributed by atoms with Crippen LogP contribution < -0.4 is 5.32 Å². The number of anilines is 1. The number of aliphatic carboxylic acids is 1. The molecular weight excluding hydrogens is 250 g/mol. The fourth-order valence-corrected chi connectivity index (χ4v) is 1.80. The number of nitrogens with zero attached hydrogens (tertiary/aromatic N) is 2. The second-order valence-corrected chi connectivity index (χ2v) is 4.36. The Labute approximate surface area is 110 Å². The van der Waals surface area contributed by atoms with Crippen molar-refractivity contribution in [1.29, 1.82) is 0 Å². The molecule has 0 radical (unpaired) electrons. The summed E-state index contributed by atoms with van der Waals surface area (Å²) >= 11 is 0. The molecule has 0 aliphatic carbocycles. The SMILES string of the molecule is CCC(CC)(Nc1ncc(C)cc1[N+](=O)[O-])C(=O)O. The van der Waals surface area contributed by atoms with Crippen molar-refractivity contribution in [3.8, 4) is 0 Å². The molecule has 7 nitrogen and oxygen atoms in total. The average Bonchev–Trinajstić information content (AvgIpc) is 2.37. The minimum absolute atomic E-state index is 0.0123. The van der Waals surface area contributed by atoms with Gasteiger partial charge in [-0.05, 0) is 25.3 Å². The number of nitro groups is 1. The summed E-state index contributed by atoms with van der Waals surface area (Å²) < 4.78 is 0. The molecule has 19 heavy (non-hydrogen) atoms. The van der Waals surface area contributed by atoms with Crippen LogP contribution in [0, 0.1) is 17.0 Å². The number of carbonyl (C=O) groups is 1. The number of rotatable bonds is 6. The van der Waals surface area contributed by atoms with Crippen molar-refractivity contribution < 1.29 is 14.8 Å². The topological polar surface area (TPSA) is 105 Å². The Morgan fingerprint density at radius 2 is 2.11 bits per heavy atom. The number of pyridine rings is 1. The number of carboxylic acid groups (broad SMARTS) is 1. The molecule has 1 aromatic heterocycles. The molecule has 0 bridgehead atoms. The third-order valence-corrected chi connectivity index (χ3v) is 3.18. The Bertz CT molecular complexity index is 498. The lowest BCUT2D eigenvalue weighted by Crippen LogP contribution is -2.45. The zero-order valence-electron chi connectivity index (χ0n) is 11.1. The van der Waals surface area contributed by atoms with Crippen LogP contribution in [0.2, 0.25) is 0 Å². The zero-order chi connectivity index (χ0) is 14.6. The van der Waals surface area contributed by atoms with Gasteiger partial charge in [-0.3, -0.25) is 10.1 Å². The Kier molecular flexibility index (Phi) is 4.42. The van der Waals surface area contributed by atoms with Gasteiger partial charge in [-0.2, -0.15) is 0 Å². The van der Waals surface area contributed by atoms with Gasteiger partial charge in [0.2, 0.25) is 5.82 Å². The summed E-state index contributed by atoms with van der Waals surface area (Å²) in [6, 6.07) is 1.37. The Balaban J connectivity index is 3.24. The first-order valence-corrected chi connectivity index (χ1v) is 5.99. The van der Waals surface area contributed by atoms with E-state index in [1.54, 1.807) is 20.8 Å². The molecule has 1 rings (SSSR count). The van der Waals surface area contributed by atoms with Gasteiger partial charge in [-0.25, -0.2) is 9.78 Å². The van der Waals surface area contributed by atoms with Gasteiger partial charge in [0, 0.05) is 12.3 Å². The summed E-state index contributed by atoms with van der Waals surface area (Å²) in [4.78, 5) is 25.7. The smallest absolute Gasteiger partial charge is 0.329 e. The molecule has 0 fully saturated rings. The molecule has 104 valence electrons. The lowest BCUT2D eigenvalue weighted by molar-refractivity contribution is -0.384. The second-order valence-electron chi connectivity index (χ2n) is 4.36. The van der Waals surface area contributed by atoms with E-state index in [-0.39, 0.29) is 11.5 Å². The van der Waals surface area contributed by atoms with Gasteiger partial charge in [0.1, 0.15) is 5.54 Å². The van der Waals surface area contributed by atoms with E-state index in [0.29, 0.717) is 18.4 Å². The largest absolute Gasteiger partial charge is 0.480 e. The quantitative estimate of drug-likeness (QED) is 0.605. The molecule has 0 atom stereocenters.